The van der Waals surface area contributed by atoms with Gasteiger partial charge in [0, 0.05) is 0 Å². The first-order valence-electron chi connectivity index (χ1n) is 6.37. The van der Waals surface area contributed by atoms with Crippen LogP contribution in [-0.4, -0.2) is 10.2 Å². The molecule has 0 aliphatic carbocycles. The maximum absolute atomic E-state index is 12.4. The summed E-state index contributed by atoms with van der Waals surface area (Å²) in [7, 11) is 0. The van der Waals surface area contributed by atoms with Crippen LogP contribution in [-0.2, 0) is 4.79 Å². The van der Waals surface area contributed by atoms with Crippen LogP contribution >= 0.6 is 24.0 Å². The lowest BCUT2D eigenvalue weighted by Crippen LogP contribution is -2.39. The van der Waals surface area contributed by atoms with Crippen molar-refractivity contribution in [2.24, 2.45) is 0 Å². The Morgan fingerprint density at radius 3 is 2.05 bits per heavy atom. The molecule has 2 atom stereocenters. The van der Waals surface area contributed by atoms with Crippen molar-refractivity contribution in [3.8, 4) is 0 Å². The van der Waals surface area contributed by atoms with Gasteiger partial charge >= 0.3 is 0 Å². The minimum absolute atomic E-state index is 0.0196. The molecule has 0 unspecified atom stereocenters. The summed E-state index contributed by atoms with van der Waals surface area (Å²) in [6.45, 7) is 0. The van der Waals surface area contributed by atoms with Crippen LogP contribution < -0.4 is 5.32 Å². The topological polar surface area (TPSA) is 29.1 Å². The highest BCUT2D eigenvalue weighted by Gasteiger charge is 2.36. The highest BCUT2D eigenvalue weighted by molar-refractivity contribution is 8.23. The monoisotopic (exact) mass is 299 g/mol. The van der Waals surface area contributed by atoms with Gasteiger partial charge in [0.1, 0.15) is 4.32 Å². The van der Waals surface area contributed by atoms with E-state index in [0.29, 0.717) is 4.32 Å². The molecule has 20 heavy (non-hydrogen) atoms. The standard InChI is InChI=1S/C16H13NOS2/c18-15-13(11-7-3-1-4-8-11)14(20-16(19)17-15)12-9-5-2-6-10-12/h1-10,13-14H,(H,17,18,19)/t13-,14+/m0/s1. The van der Waals surface area contributed by atoms with Gasteiger partial charge in [0.15, 0.2) is 0 Å². The second-order valence-electron chi connectivity index (χ2n) is 4.61. The van der Waals surface area contributed by atoms with E-state index in [1.165, 1.54) is 0 Å². The van der Waals surface area contributed by atoms with Gasteiger partial charge in [0.25, 0.3) is 0 Å². The van der Waals surface area contributed by atoms with Gasteiger partial charge in [-0.05, 0) is 11.1 Å². The molecule has 1 amide bonds. The number of rotatable bonds is 2. The van der Waals surface area contributed by atoms with E-state index in [0.717, 1.165) is 11.1 Å². The number of hydrogen-bond donors (Lipinski definition) is 1. The Bertz CT molecular complexity index is 627. The lowest BCUT2D eigenvalue weighted by molar-refractivity contribution is -0.121. The molecule has 2 nitrogen and oxygen atoms in total. The van der Waals surface area contributed by atoms with E-state index in [1.54, 1.807) is 11.8 Å². The van der Waals surface area contributed by atoms with Crippen LogP contribution in [0.5, 0.6) is 0 Å². The van der Waals surface area contributed by atoms with Gasteiger partial charge in [-0.3, -0.25) is 4.79 Å². The predicted octanol–water partition coefficient (Wildman–Crippen LogP) is 3.66. The normalized spacial score (nSPS) is 22.4. The molecule has 0 aromatic heterocycles. The third-order valence-electron chi connectivity index (χ3n) is 3.33. The number of hydrogen-bond acceptors (Lipinski definition) is 3. The first kappa shape index (κ1) is 13.3. The zero-order valence-electron chi connectivity index (χ0n) is 10.7. The molecule has 100 valence electrons. The maximum Gasteiger partial charge on any atom is 0.234 e. The molecule has 2 aromatic carbocycles. The molecular weight excluding hydrogens is 286 g/mol. The zero-order chi connectivity index (χ0) is 13.9. The number of benzene rings is 2. The average molecular weight is 299 g/mol. The number of nitrogens with one attached hydrogen (secondary N) is 1. The average Bonchev–Trinajstić information content (AvgIpc) is 2.48. The van der Waals surface area contributed by atoms with Crippen LogP contribution in [0.15, 0.2) is 60.7 Å². The number of thioether (sulfide) groups is 1. The van der Waals surface area contributed by atoms with E-state index in [2.05, 4.69) is 17.4 Å². The molecule has 4 heteroatoms. The molecule has 0 saturated carbocycles. The van der Waals surface area contributed by atoms with E-state index < -0.39 is 0 Å². The van der Waals surface area contributed by atoms with Crippen molar-refractivity contribution >= 4 is 34.2 Å². The Balaban J connectivity index is 2.03. The Morgan fingerprint density at radius 2 is 1.45 bits per heavy atom. The van der Waals surface area contributed by atoms with Gasteiger partial charge < -0.3 is 5.32 Å². The number of carbonyl (C=O) groups excluding carboxylic acids is 1. The van der Waals surface area contributed by atoms with Crippen LogP contribution in [0.3, 0.4) is 0 Å². The molecule has 1 aliphatic heterocycles. The smallest absolute Gasteiger partial charge is 0.234 e. The lowest BCUT2D eigenvalue weighted by Gasteiger charge is -2.31. The van der Waals surface area contributed by atoms with Crippen molar-refractivity contribution in [3.63, 3.8) is 0 Å². The van der Waals surface area contributed by atoms with E-state index in [4.69, 9.17) is 12.2 Å². The summed E-state index contributed by atoms with van der Waals surface area (Å²) in [5, 5.41) is 2.81. The molecule has 0 spiro atoms. The molecule has 1 heterocycles. The summed E-state index contributed by atoms with van der Waals surface area (Å²) in [5.74, 6) is -0.232. The zero-order valence-corrected chi connectivity index (χ0v) is 12.3. The molecule has 1 fully saturated rings. The lowest BCUT2D eigenvalue weighted by atomic mass is 9.90. The summed E-state index contributed by atoms with van der Waals surface area (Å²) in [6, 6.07) is 19.9. The quantitative estimate of drug-likeness (QED) is 0.858. The van der Waals surface area contributed by atoms with Crippen molar-refractivity contribution in [3.05, 3.63) is 71.8 Å². The fourth-order valence-electron chi connectivity index (χ4n) is 2.42. The molecule has 2 aromatic rings. The number of thiocarbonyl (C=S) groups is 1. The van der Waals surface area contributed by atoms with Crippen LogP contribution in [0.2, 0.25) is 0 Å². The number of carbonyl (C=O) groups is 1. The largest absolute Gasteiger partial charge is 0.311 e. The van der Waals surface area contributed by atoms with Gasteiger partial charge in [-0.25, -0.2) is 0 Å². The molecule has 1 N–H and O–H groups in total. The predicted molar refractivity (Wildman–Crippen MR) is 86.7 cm³/mol. The highest BCUT2D eigenvalue weighted by Crippen LogP contribution is 2.44. The fraction of sp³-hybridized carbons (Fsp3) is 0.125. The summed E-state index contributed by atoms with van der Waals surface area (Å²) >= 11 is 6.74. The second kappa shape index (κ2) is 5.77. The van der Waals surface area contributed by atoms with Crippen molar-refractivity contribution in [2.45, 2.75) is 11.2 Å². The summed E-state index contributed by atoms with van der Waals surface area (Å²) < 4.78 is 0.552. The van der Waals surface area contributed by atoms with Crippen molar-refractivity contribution in [1.29, 1.82) is 0 Å². The van der Waals surface area contributed by atoms with Gasteiger partial charge in [0.2, 0.25) is 5.91 Å². The Kier molecular flexibility index (Phi) is 3.85. The molecule has 3 rings (SSSR count). The van der Waals surface area contributed by atoms with Crippen molar-refractivity contribution in [2.75, 3.05) is 0 Å². The van der Waals surface area contributed by atoms with Gasteiger partial charge in [0.05, 0.1) is 11.2 Å². The second-order valence-corrected chi connectivity index (χ2v) is 6.43. The van der Waals surface area contributed by atoms with Crippen LogP contribution in [0.25, 0.3) is 0 Å². The van der Waals surface area contributed by atoms with Crippen LogP contribution in [0.1, 0.15) is 22.3 Å². The molecular formula is C16H13NOS2. The molecule has 0 radical (unpaired) electrons. The van der Waals surface area contributed by atoms with Gasteiger partial charge in [-0.15, -0.1) is 0 Å². The minimum Gasteiger partial charge on any atom is -0.311 e. The Hall–Kier alpha value is -1.65. The van der Waals surface area contributed by atoms with Gasteiger partial charge in [-0.1, -0.05) is 84.6 Å². The Morgan fingerprint density at radius 1 is 0.900 bits per heavy atom. The molecule has 1 aliphatic rings. The van der Waals surface area contributed by atoms with Crippen LogP contribution in [0.4, 0.5) is 0 Å². The Labute approximate surface area is 127 Å². The molecule has 0 bridgehead atoms. The summed E-state index contributed by atoms with van der Waals surface area (Å²) in [4.78, 5) is 12.4. The van der Waals surface area contributed by atoms with E-state index in [-0.39, 0.29) is 17.1 Å². The summed E-state index contributed by atoms with van der Waals surface area (Å²) in [5.41, 5.74) is 2.15. The summed E-state index contributed by atoms with van der Waals surface area (Å²) in [6.07, 6.45) is 0. The highest BCUT2D eigenvalue weighted by atomic mass is 32.2. The first-order chi connectivity index (χ1) is 9.75. The van der Waals surface area contributed by atoms with Gasteiger partial charge in [-0.2, -0.15) is 0 Å². The third-order valence-corrected chi connectivity index (χ3v) is 4.84. The van der Waals surface area contributed by atoms with Crippen LogP contribution in [0, 0.1) is 0 Å². The van der Waals surface area contributed by atoms with E-state index in [1.807, 2.05) is 48.5 Å². The SMILES string of the molecule is O=C1NC(=S)S[C@H](c2ccccc2)[C@@H]1c1ccccc1. The number of amides is 1. The third kappa shape index (κ3) is 2.62. The minimum atomic E-state index is -0.213. The molecule has 1 saturated heterocycles. The van der Waals surface area contributed by atoms with Crippen molar-refractivity contribution < 1.29 is 4.79 Å². The van der Waals surface area contributed by atoms with E-state index in [9.17, 15) is 4.79 Å². The van der Waals surface area contributed by atoms with Crippen molar-refractivity contribution in [1.82, 2.24) is 5.32 Å². The fourth-order valence-corrected chi connectivity index (χ4v) is 3.93. The maximum atomic E-state index is 12.4. The first-order valence-corrected chi connectivity index (χ1v) is 7.66. The van der Waals surface area contributed by atoms with E-state index >= 15 is 0 Å².